The van der Waals surface area contributed by atoms with Crippen molar-refractivity contribution in [3.05, 3.63) is 0 Å². The first-order valence-corrected chi connectivity index (χ1v) is 41.4. The van der Waals surface area contributed by atoms with Crippen molar-refractivity contribution in [3.63, 3.8) is 0 Å². The summed E-state index contributed by atoms with van der Waals surface area (Å²) in [6.07, 6.45) is 50.1. The quantitative estimate of drug-likeness (QED) is 0.0222. The summed E-state index contributed by atoms with van der Waals surface area (Å²) in [7, 11) is -9.90. The van der Waals surface area contributed by atoms with Crippen molar-refractivity contribution in [2.24, 2.45) is 17.8 Å². The van der Waals surface area contributed by atoms with E-state index in [0.29, 0.717) is 25.7 Å². The first kappa shape index (κ1) is 91.1. The highest BCUT2D eigenvalue weighted by Gasteiger charge is 2.30. The van der Waals surface area contributed by atoms with Gasteiger partial charge in [0.15, 0.2) is 12.2 Å². The minimum Gasteiger partial charge on any atom is -0.462 e. The Labute approximate surface area is 568 Å². The van der Waals surface area contributed by atoms with Crippen LogP contribution in [0.15, 0.2) is 0 Å². The molecule has 552 valence electrons. The smallest absolute Gasteiger partial charge is 0.462 e. The van der Waals surface area contributed by atoms with Gasteiger partial charge in [-0.3, -0.25) is 37.3 Å². The van der Waals surface area contributed by atoms with Gasteiger partial charge in [0.2, 0.25) is 0 Å². The molecule has 0 heterocycles. The van der Waals surface area contributed by atoms with Crippen molar-refractivity contribution in [1.29, 1.82) is 0 Å². The molecule has 0 aliphatic rings. The molecule has 0 rings (SSSR count). The first-order chi connectivity index (χ1) is 44.8. The average molecular weight is 1370 g/mol. The molecule has 0 spiro atoms. The molecule has 0 saturated carbocycles. The molecule has 0 aliphatic heterocycles. The van der Waals surface area contributed by atoms with Crippen LogP contribution in [0.25, 0.3) is 0 Å². The molecule has 0 radical (unpaired) electrons. The molecule has 0 saturated heterocycles. The maximum absolute atomic E-state index is 13.1. The third kappa shape index (κ3) is 67.0. The summed E-state index contributed by atoms with van der Waals surface area (Å²) in [6.45, 7) is 11.8. The van der Waals surface area contributed by atoms with E-state index in [1.807, 2.05) is 0 Å². The van der Waals surface area contributed by atoms with E-state index < -0.39 is 97.5 Å². The van der Waals surface area contributed by atoms with Gasteiger partial charge in [-0.1, -0.05) is 325 Å². The second-order valence-corrected chi connectivity index (χ2v) is 30.8. The maximum Gasteiger partial charge on any atom is 0.472 e. The van der Waals surface area contributed by atoms with Crippen molar-refractivity contribution in [3.8, 4) is 0 Å². The topological polar surface area (TPSA) is 237 Å². The van der Waals surface area contributed by atoms with Crippen LogP contribution in [0.4, 0.5) is 0 Å². The molecule has 3 N–H and O–H groups in total. The Kier molecular flexibility index (Phi) is 63.4. The van der Waals surface area contributed by atoms with Crippen molar-refractivity contribution in [2.45, 2.75) is 394 Å². The Balaban J connectivity index is 5.18. The molecule has 17 nitrogen and oxygen atoms in total. The highest BCUT2D eigenvalue weighted by atomic mass is 31.2. The monoisotopic (exact) mass is 1370 g/mol. The molecule has 3 unspecified atom stereocenters. The molecule has 0 amide bonds. The number of phosphoric acid groups is 2. The molecule has 6 atom stereocenters. The lowest BCUT2D eigenvalue weighted by atomic mass is 10.00. The standard InChI is InChI=1S/C74H144O17P2/c1-8-10-11-12-13-26-33-41-48-55-71(76)84-62-70(91-74(79)58-51-44-37-36-40-47-54-67(7)9-2)64-89-93(82,83)87-60-68(75)59-86-92(80,81)88-63-69(61-85-72(77)56-49-42-34-29-25-24-28-32-39-46-53-66(5)6)90-73(78)57-50-43-35-30-23-21-19-17-15-14-16-18-20-22-27-31-38-45-52-65(3)4/h65-70,75H,8-64H2,1-7H3,(H,80,81)(H,82,83)/t67?,68-,69-,70-/m1/s1. The van der Waals surface area contributed by atoms with Gasteiger partial charge in [0.25, 0.3) is 0 Å². The largest absolute Gasteiger partial charge is 0.472 e. The average Bonchev–Trinajstić information content (AvgIpc) is 2.52. The zero-order valence-electron chi connectivity index (χ0n) is 60.7. The number of carbonyl (C=O) groups is 4. The van der Waals surface area contributed by atoms with Gasteiger partial charge in [0.05, 0.1) is 26.4 Å². The van der Waals surface area contributed by atoms with Crippen LogP contribution in [0.5, 0.6) is 0 Å². The minimum atomic E-state index is -4.96. The second kappa shape index (κ2) is 64.7. The number of unbranched alkanes of at least 4 members (excludes halogenated alkanes) is 39. The van der Waals surface area contributed by atoms with Gasteiger partial charge in [-0.05, 0) is 43.4 Å². The number of aliphatic hydroxyl groups is 1. The van der Waals surface area contributed by atoms with Gasteiger partial charge in [0.1, 0.15) is 19.3 Å². The van der Waals surface area contributed by atoms with Gasteiger partial charge in [-0.15, -0.1) is 0 Å². The number of hydrogen-bond acceptors (Lipinski definition) is 15. The Bertz CT molecular complexity index is 1820. The predicted molar refractivity (Wildman–Crippen MR) is 377 cm³/mol. The van der Waals surface area contributed by atoms with Crippen LogP contribution in [0.1, 0.15) is 376 Å². The molecular formula is C74H144O17P2. The van der Waals surface area contributed by atoms with Crippen LogP contribution in [0, 0.1) is 17.8 Å². The SMILES string of the molecule is CCCCCCCCCCCC(=O)OC[C@H](COP(=O)(O)OC[C@H](O)COP(=O)(O)OC[C@@H](COC(=O)CCCCCCCCCCCCC(C)C)OC(=O)CCCCCCCCCCCCCCCCCCCCC(C)C)OC(=O)CCCCCCCCC(C)CC. The van der Waals surface area contributed by atoms with Crippen LogP contribution in [-0.2, 0) is 65.4 Å². The first-order valence-electron chi connectivity index (χ1n) is 38.4. The lowest BCUT2D eigenvalue weighted by molar-refractivity contribution is -0.161. The lowest BCUT2D eigenvalue weighted by Crippen LogP contribution is -2.30. The summed E-state index contributed by atoms with van der Waals surface area (Å²) in [4.78, 5) is 72.6. The molecule has 0 aromatic carbocycles. The molecular weight excluding hydrogens is 1220 g/mol. The zero-order chi connectivity index (χ0) is 68.7. The third-order valence-corrected chi connectivity index (χ3v) is 19.4. The summed E-state index contributed by atoms with van der Waals surface area (Å²) in [6, 6.07) is 0. The van der Waals surface area contributed by atoms with Crippen LogP contribution >= 0.6 is 15.6 Å². The van der Waals surface area contributed by atoms with Crippen LogP contribution < -0.4 is 0 Å². The summed E-state index contributed by atoms with van der Waals surface area (Å²) in [5.74, 6) is 0.174. The van der Waals surface area contributed by atoms with E-state index in [0.717, 1.165) is 108 Å². The summed E-state index contributed by atoms with van der Waals surface area (Å²) in [5, 5.41) is 10.6. The van der Waals surface area contributed by atoms with Crippen molar-refractivity contribution >= 4 is 39.5 Å². The van der Waals surface area contributed by atoms with E-state index in [1.54, 1.807) is 0 Å². The van der Waals surface area contributed by atoms with Gasteiger partial charge in [-0.2, -0.15) is 0 Å². The van der Waals surface area contributed by atoms with Crippen molar-refractivity contribution in [2.75, 3.05) is 39.6 Å². The Morgan fingerprint density at radius 1 is 0.312 bits per heavy atom. The Morgan fingerprint density at radius 3 is 0.817 bits per heavy atom. The van der Waals surface area contributed by atoms with E-state index in [2.05, 4.69) is 48.5 Å². The number of ether oxygens (including phenoxy) is 4. The summed E-state index contributed by atoms with van der Waals surface area (Å²) >= 11 is 0. The van der Waals surface area contributed by atoms with Gasteiger partial charge in [-0.25, -0.2) is 9.13 Å². The molecule has 0 bridgehead atoms. The fraction of sp³-hybridized carbons (Fsp3) is 0.946. The lowest BCUT2D eigenvalue weighted by Gasteiger charge is -2.21. The van der Waals surface area contributed by atoms with Crippen molar-refractivity contribution < 1.29 is 80.2 Å². The van der Waals surface area contributed by atoms with Gasteiger partial charge >= 0.3 is 39.5 Å². The molecule has 93 heavy (non-hydrogen) atoms. The van der Waals surface area contributed by atoms with E-state index >= 15 is 0 Å². The van der Waals surface area contributed by atoms with Crippen molar-refractivity contribution in [1.82, 2.24) is 0 Å². The Morgan fingerprint density at radius 2 is 0.548 bits per heavy atom. The van der Waals surface area contributed by atoms with Gasteiger partial charge < -0.3 is 33.8 Å². The van der Waals surface area contributed by atoms with Crippen LogP contribution in [0.3, 0.4) is 0 Å². The third-order valence-electron chi connectivity index (χ3n) is 17.5. The molecule has 0 aromatic heterocycles. The number of carbonyl (C=O) groups excluding carboxylic acids is 4. The second-order valence-electron chi connectivity index (χ2n) is 27.9. The van der Waals surface area contributed by atoms with Crippen LogP contribution in [0.2, 0.25) is 0 Å². The minimum absolute atomic E-state index is 0.103. The number of esters is 4. The van der Waals surface area contributed by atoms with Gasteiger partial charge in [0, 0.05) is 25.7 Å². The summed E-state index contributed by atoms with van der Waals surface area (Å²) in [5.41, 5.74) is 0. The van der Waals surface area contributed by atoms with E-state index in [4.69, 9.17) is 37.0 Å². The maximum atomic E-state index is 13.1. The number of aliphatic hydroxyl groups excluding tert-OH is 1. The van der Waals surface area contributed by atoms with E-state index in [1.165, 1.54) is 186 Å². The normalized spacial score (nSPS) is 14.4. The fourth-order valence-electron chi connectivity index (χ4n) is 11.2. The zero-order valence-corrected chi connectivity index (χ0v) is 62.5. The molecule has 0 aromatic rings. The van der Waals surface area contributed by atoms with E-state index in [9.17, 15) is 43.2 Å². The highest BCUT2D eigenvalue weighted by Crippen LogP contribution is 2.45. The number of rotatable bonds is 72. The molecule has 19 heteroatoms. The number of phosphoric ester groups is 2. The highest BCUT2D eigenvalue weighted by molar-refractivity contribution is 7.47. The molecule has 0 fully saturated rings. The fourth-order valence-corrected chi connectivity index (χ4v) is 12.8. The van der Waals surface area contributed by atoms with E-state index in [-0.39, 0.29) is 25.7 Å². The predicted octanol–water partition coefficient (Wildman–Crippen LogP) is 21.4. The molecule has 0 aliphatic carbocycles. The van der Waals surface area contributed by atoms with Crippen LogP contribution in [-0.4, -0.2) is 96.7 Å². The summed E-state index contributed by atoms with van der Waals surface area (Å²) < 4.78 is 68.3. The Hall–Kier alpha value is -1.94. The number of hydrogen-bond donors (Lipinski definition) is 3.